The van der Waals surface area contributed by atoms with Crippen LogP contribution in [0, 0.1) is 11.8 Å². The summed E-state index contributed by atoms with van der Waals surface area (Å²) >= 11 is 5.83. The summed E-state index contributed by atoms with van der Waals surface area (Å²) in [6, 6.07) is 6.95. The Morgan fingerprint density at radius 3 is 2.31 bits per heavy atom. The van der Waals surface area contributed by atoms with Gasteiger partial charge in [0.2, 0.25) is 5.91 Å². The van der Waals surface area contributed by atoms with E-state index in [4.69, 9.17) is 11.6 Å². The number of fused-ring (bicyclic) bond motifs is 1. The Morgan fingerprint density at radius 1 is 1.08 bits per heavy atom. The normalized spacial score (nSPS) is 22.0. The van der Waals surface area contributed by atoms with Crippen LogP contribution >= 0.6 is 24.0 Å². The van der Waals surface area contributed by atoms with Gasteiger partial charge in [0.25, 0.3) is 0 Å². The molecule has 0 radical (unpaired) electrons. The number of nitrogens with zero attached hydrogens (tertiary/aromatic N) is 1. The highest BCUT2D eigenvalue weighted by molar-refractivity contribution is 6.30. The zero-order valence-electron chi connectivity index (χ0n) is 14.7. The number of rotatable bonds is 4. The molecular formula is C18H26Cl2N4O2. The van der Waals surface area contributed by atoms with Crippen LogP contribution in [-0.2, 0) is 11.3 Å². The lowest BCUT2D eigenvalue weighted by atomic mass is 9.92. The number of carbonyl (C=O) groups is 2. The van der Waals surface area contributed by atoms with Crippen molar-refractivity contribution >= 4 is 35.9 Å². The summed E-state index contributed by atoms with van der Waals surface area (Å²) in [5, 5.41) is 9.50. The van der Waals surface area contributed by atoms with E-state index < -0.39 is 0 Å². The van der Waals surface area contributed by atoms with Gasteiger partial charge in [-0.05, 0) is 55.5 Å². The second-order valence-corrected chi connectivity index (χ2v) is 7.24. The minimum absolute atomic E-state index is 0. The molecule has 6 nitrogen and oxygen atoms in total. The second kappa shape index (κ2) is 10.00. The molecule has 3 N–H and O–H groups in total. The predicted octanol–water partition coefficient (Wildman–Crippen LogP) is 2.02. The highest BCUT2D eigenvalue weighted by Crippen LogP contribution is 2.26. The minimum atomic E-state index is -0.334. The third-order valence-electron chi connectivity index (χ3n) is 5.14. The summed E-state index contributed by atoms with van der Waals surface area (Å²) in [7, 11) is 0. The summed E-state index contributed by atoms with van der Waals surface area (Å²) in [6.45, 7) is 4.15. The molecule has 1 aromatic rings. The van der Waals surface area contributed by atoms with Gasteiger partial charge in [-0.3, -0.25) is 4.79 Å². The van der Waals surface area contributed by atoms with Crippen molar-refractivity contribution in [2.75, 3.05) is 32.7 Å². The fraction of sp³-hybridized carbons (Fsp3) is 0.556. The summed E-state index contributed by atoms with van der Waals surface area (Å²) in [5.74, 6) is 1.37. The Balaban J connectivity index is 0.00000243. The highest BCUT2D eigenvalue weighted by Gasteiger charge is 2.31. The topological polar surface area (TPSA) is 73.5 Å². The average Bonchev–Trinajstić information content (AvgIpc) is 2.97. The van der Waals surface area contributed by atoms with E-state index in [9.17, 15) is 9.59 Å². The number of halogens is 2. The standard InChI is InChI=1S/C18H25ClN4O2.ClH/c19-16-3-1-13(2-4-16)9-21-18(25)22-12-17(24)23-7-5-14-10-20-11-15(14)6-8-23;/h1-4,14-15,20H,5-12H2,(H2,21,22,25);1H/t14-,15+;. The number of amides is 3. The lowest BCUT2D eigenvalue weighted by Gasteiger charge is -2.21. The van der Waals surface area contributed by atoms with Gasteiger partial charge in [0.1, 0.15) is 0 Å². The molecule has 2 aliphatic heterocycles. The first kappa shape index (κ1) is 20.8. The smallest absolute Gasteiger partial charge is 0.315 e. The van der Waals surface area contributed by atoms with Gasteiger partial charge in [-0.1, -0.05) is 23.7 Å². The van der Waals surface area contributed by atoms with E-state index in [-0.39, 0.29) is 30.9 Å². The lowest BCUT2D eigenvalue weighted by Crippen LogP contribution is -2.44. The van der Waals surface area contributed by atoms with E-state index in [2.05, 4.69) is 16.0 Å². The molecule has 2 fully saturated rings. The molecule has 8 heteroatoms. The summed E-state index contributed by atoms with van der Waals surface area (Å²) in [4.78, 5) is 26.1. The Morgan fingerprint density at radius 2 is 1.69 bits per heavy atom. The molecule has 0 aliphatic carbocycles. The van der Waals surface area contributed by atoms with Gasteiger partial charge in [0.05, 0.1) is 6.54 Å². The number of likely N-dealkylation sites (tertiary alicyclic amines) is 1. The summed E-state index contributed by atoms with van der Waals surface area (Å²) in [5.41, 5.74) is 0.957. The second-order valence-electron chi connectivity index (χ2n) is 6.80. The molecule has 1 aromatic carbocycles. The van der Waals surface area contributed by atoms with Gasteiger partial charge in [0, 0.05) is 24.7 Å². The first-order chi connectivity index (χ1) is 12.1. The lowest BCUT2D eigenvalue weighted by molar-refractivity contribution is -0.130. The zero-order valence-corrected chi connectivity index (χ0v) is 16.2. The van der Waals surface area contributed by atoms with Gasteiger partial charge in [-0.25, -0.2) is 4.79 Å². The average molecular weight is 401 g/mol. The summed E-state index contributed by atoms with van der Waals surface area (Å²) in [6.07, 6.45) is 2.10. The quantitative estimate of drug-likeness (QED) is 0.723. The highest BCUT2D eigenvalue weighted by atomic mass is 35.5. The summed E-state index contributed by atoms with van der Waals surface area (Å²) < 4.78 is 0. The van der Waals surface area contributed by atoms with Crippen LogP contribution < -0.4 is 16.0 Å². The molecule has 0 unspecified atom stereocenters. The van der Waals surface area contributed by atoms with Crippen molar-refractivity contribution < 1.29 is 9.59 Å². The third kappa shape index (κ3) is 5.76. The molecule has 2 heterocycles. The first-order valence-corrected chi connectivity index (χ1v) is 9.24. The van der Waals surface area contributed by atoms with Crippen LogP contribution in [0.5, 0.6) is 0 Å². The first-order valence-electron chi connectivity index (χ1n) is 8.86. The maximum Gasteiger partial charge on any atom is 0.315 e. The third-order valence-corrected chi connectivity index (χ3v) is 5.39. The Bertz CT molecular complexity index is 598. The van der Waals surface area contributed by atoms with Crippen LogP contribution in [-0.4, -0.2) is 49.6 Å². The van der Waals surface area contributed by atoms with Crippen LogP contribution in [0.25, 0.3) is 0 Å². The Labute approximate surface area is 165 Å². The van der Waals surface area contributed by atoms with Crippen LogP contribution in [0.2, 0.25) is 5.02 Å². The molecule has 0 aromatic heterocycles. The molecular weight excluding hydrogens is 375 g/mol. The molecule has 3 amide bonds. The molecule has 3 rings (SSSR count). The molecule has 2 saturated heterocycles. The molecule has 144 valence electrons. The van der Waals surface area contributed by atoms with Crippen molar-refractivity contribution in [2.45, 2.75) is 19.4 Å². The van der Waals surface area contributed by atoms with E-state index in [1.807, 2.05) is 17.0 Å². The molecule has 0 spiro atoms. The maximum absolute atomic E-state index is 12.3. The van der Waals surface area contributed by atoms with Crippen molar-refractivity contribution in [1.82, 2.24) is 20.9 Å². The number of urea groups is 1. The van der Waals surface area contributed by atoms with E-state index in [0.717, 1.165) is 44.6 Å². The van der Waals surface area contributed by atoms with E-state index in [0.29, 0.717) is 23.4 Å². The molecule has 26 heavy (non-hydrogen) atoms. The SMILES string of the molecule is Cl.O=C(NCC(=O)N1CC[C@@H]2CNC[C@@H]2CC1)NCc1ccc(Cl)cc1. The molecule has 2 atom stereocenters. The van der Waals surface area contributed by atoms with Crippen LogP contribution in [0.3, 0.4) is 0 Å². The number of hydrogen-bond acceptors (Lipinski definition) is 3. The van der Waals surface area contributed by atoms with Crippen molar-refractivity contribution in [2.24, 2.45) is 11.8 Å². The van der Waals surface area contributed by atoms with Gasteiger partial charge >= 0.3 is 6.03 Å². The van der Waals surface area contributed by atoms with Gasteiger partial charge in [-0.2, -0.15) is 0 Å². The monoisotopic (exact) mass is 400 g/mol. The fourth-order valence-corrected chi connectivity index (χ4v) is 3.71. The number of nitrogens with one attached hydrogen (secondary N) is 3. The minimum Gasteiger partial charge on any atom is -0.341 e. The number of benzene rings is 1. The number of carbonyl (C=O) groups excluding carboxylic acids is 2. The van der Waals surface area contributed by atoms with Crippen molar-refractivity contribution in [3.8, 4) is 0 Å². The number of hydrogen-bond donors (Lipinski definition) is 3. The van der Waals surface area contributed by atoms with Crippen LogP contribution in [0.15, 0.2) is 24.3 Å². The Hall–Kier alpha value is -1.50. The molecule has 0 saturated carbocycles. The van der Waals surface area contributed by atoms with Crippen molar-refractivity contribution in [1.29, 1.82) is 0 Å². The fourth-order valence-electron chi connectivity index (χ4n) is 3.58. The molecule has 0 bridgehead atoms. The van der Waals surface area contributed by atoms with Gasteiger partial charge in [0.15, 0.2) is 0 Å². The predicted molar refractivity (Wildman–Crippen MR) is 105 cm³/mol. The largest absolute Gasteiger partial charge is 0.341 e. The van der Waals surface area contributed by atoms with Crippen LogP contribution in [0.1, 0.15) is 18.4 Å². The van der Waals surface area contributed by atoms with E-state index in [1.54, 1.807) is 12.1 Å². The van der Waals surface area contributed by atoms with Crippen molar-refractivity contribution in [3.05, 3.63) is 34.9 Å². The zero-order chi connectivity index (χ0) is 17.6. The molecule has 2 aliphatic rings. The Kier molecular flexibility index (Phi) is 8.00. The van der Waals surface area contributed by atoms with Crippen molar-refractivity contribution in [3.63, 3.8) is 0 Å². The van der Waals surface area contributed by atoms with Gasteiger partial charge in [-0.15, -0.1) is 12.4 Å². The van der Waals surface area contributed by atoms with E-state index in [1.165, 1.54) is 0 Å². The van der Waals surface area contributed by atoms with Gasteiger partial charge < -0.3 is 20.9 Å². The van der Waals surface area contributed by atoms with E-state index >= 15 is 0 Å². The van der Waals surface area contributed by atoms with Crippen LogP contribution in [0.4, 0.5) is 4.79 Å². The maximum atomic E-state index is 12.3.